The number of carbonyl (C=O) groups is 1. The van der Waals surface area contributed by atoms with Gasteiger partial charge in [-0.15, -0.1) is 0 Å². The van der Waals surface area contributed by atoms with E-state index in [2.05, 4.69) is 48.5 Å². The van der Waals surface area contributed by atoms with Gasteiger partial charge in [-0.3, -0.25) is 4.79 Å². The molecule has 36 heavy (non-hydrogen) atoms. The second kappa shape index (κ2) is 11.9. The van der Waals surface area contributed by atoms with E-state index in [0.29, 0.717) is 5.56 Å². The lowest BCUT2D eigenvalue weighted by atomic mass is 10.1. The van der Waals surface area contributed by atoms with E-state index < -0.39 is 0 Å². The van der Waals surface area contributed by atoms with Gasteiger partial charge in [0, 0.05) is 36.2 Å². The molecular weight excluding hydrogens is 464 g/mol. The lowest BCUT2D eigenvalue weighted by molar-refractivity contribution is 0.0940. The van der Waals surface area contributed by atoms with Crippen LogP contribution in [0.1, 0.15) is 51.3 Å². The fourth-order valence-electron chi connectivity index (χ4n) is 3.96. The van der Waals surface area contributed by atoms with Crippen LogP contribution in [0.2, 0.25) is 0 Å². The summed E-state index contributed by atoms with van der Waals surface area (Å²) in [6, 6.07) is 28.1. The third-order valence-electron chi connectivity index (χ3n) is 6.20. The Labute approximate surface area is 218 Å². The molecule has 4 rings (SSSR count). The van der Waals surface area contributed by atoms with E-state index in [1.165, 1.54) is 5.56 Å². The maximum atomic E-state index is 12.7. The van der Waals surface area contributed by atoms with Crippen molar-refractivity contribution in [2.24, 2.45) is 0 Å². The molecule has 1 heterocycles. The maximum absolute atomic E-state index is 12.7. The average Bonchev–Trinajstić information content (AvgIpc) is 2.90. The van der Waals surface area contributed by atoms with Crippen molar-refractivity contribution in [1.29, 1.82) is 0 Å². The Hall–Kier alpha value is -3.64. The first-order valence-electron chi connectivity index (χ1n) is 12.1. The molecule has 3 aromatic carbocycles. The maximum Gasteiger partial charge on any atom is 0.251 e. The van der Waals surface area contributed by atoms with E-state index in [9.17, 15) is 4.79 Å². The number of rotatable bonds is 9. The van der Waals surface area contributed by atoms with Gasteiger partial charge in [0.05, 0.1) is 6.04 Å². The molecule has 0 bridgehead atoms. The smallest absolute Gasteiger partial charge is 0.251 e. The Balaban J connectivity index is 1.38. The highest BCUT2D eigenvalue weighted by Gasteiger charge is 2.14. The highest BCUT2D eigenvalue weighted by molar-refractivity contribution is 7.98. The molecule has 1 amide bonds. The number of thioether (sulfide) groups is 1. The van der Waals surface area contributed by atoms with Crippen LogP contribution in [0.25, 0.3) is 0 Å². The van der Waals surface area contributed by atoms with Crippen molar-refractivity contribution in [2.75, 3.05) is 11.9 Å². The number of nitrogens with one attached hydrogen (secondary N) is 1. The summed E-state index contributed by atoms with van der Waals surface area (Å²) in [5.41, 5.74) is 6.18. The van der Waals surface area contributed by atoms with Crippen molar-refractivity contribution in [2.45, 2.75) is 44.3 Å². The first-order valence-corrected chi connectivity index (χ1v) is 13.1. The molecule has 1 atom stereocenters. The van der Waals surface area contributed by atoms with E-state index in [1.54, 1.807) is 11.8 Å². The average molecular weight is 497 g/mol. The summed E-state index contributed by atoms with van der Waals surface area (Å²) in [5, 5.41) is 3.82. The van der Waals surface area contributed by atoms with Crippen molar-refractivity contribution >= 4 is 23.5 Å². The van der Waals surface area contributed by atoms with Gasteiger partial charge in [-0.1, -0.05) is 84.6 Å². The minimum Gasteiger partial charge on any atom is -0.355 e. The number of aromatic nitrogens is 2. The largest absolute Gasteiger partial charge is 0.355 e. The Morgan fingerprint density at radius 3 is 2.19 bits per heavy atom. The van der Waals surface area contributed by atoms with Crippen molar-refractivity contribution in [3.63, 3.8) is 0 Å². The molecule has 4 aromatic rings. The molecular formula is C30H32N4OS. The molecule has 0 saturated heterocycles. The molecule has 0 aliphatic rings. The van der Waals surface area contributed by atoms with E-state index in [0.717, 1.165) is 45.7 Å². The summed E-state index contributed by atoms with van der Waals surface area (Å²) in [5.74, 6) is 1.61. The molecule has 0 aliphatic carbocycles. The molecule has 5 nitrogen and oxygen atoms in total. The van der Waals surface area contributed by atoms with E-state index in [1.807, 2.05) is 74.5 Å². The van der Waals surface area contributed by atoms with Gasteiger partial charge in [-0.2, -0.15) is 0 Å². The third-order valence-corrected chi connectivity index (χ3v) is 7.12. The molecule has 6 heteroatoms. The predicted octanol–water partition coefficient (Wildman–Crippen LogP) is 6.51. The predicted molar refractivity (Wildman–Crippen MR) is 148 cm³/mol. The fraction of sp³-hybridized carbons (Fsp3) is 0.233. The monoisotopic (exact) mass is 496 g/mol. The zero-order chi connectivity index (χ0) is 25.5. The fourth-order valence-corrected chi connectivity index (χ4v) is 4.80. The molecule has 0 spiro atoms. The number of hydrogen-bond acceptors (Lipinski definition) is 5. The molecule has 0 saturated carbocycles. The first-order chi connectivity index (χ1) is 17.4. The van der Waals surface area contributed by atoms with Gasteiger partial charge in [-0.25, -0.2) is 9.97 Å². The van der Waals surface area contributed by atoms with Crippen LogP contribution in [0.5, 0.6) is 0 Å². The molecule has 1 N–H and O–H groups in total. The highest BCUT2D eigenvalue weighted by atomic mass is 32.2. The van der Waals surface area contributed by atoms with E-state index in [4.69, 9.17) is 9.97 Å². The summed E-state index contributed by atoms with van der Waals surface area (Å²) < 4.78 is 0. The van der Waals surface area contributed by atoms with Gasteiger partial charge in [0.15, 0.2) is 5.16 Å². The molecule has 1 aromatic heterocycles. The van der Waals surface area contributed by atoms with Crippen LogP contribution in [0.4, 0.5) is 5.82 Å². The van der Waals surface area contributed by atoms with Gasteiger partial charge in [0.1, 0.15) is 5.82 Å². The van der Waals surface area contributed by atoms with Crippen molar-refractivity contribution in [3.8, 4) is 0 Å². The molecule has 0 radical (unpaired) electrons. The van der Waals surface area contributed by atoms with Crippen molar-refractivity contribution < 1.29 is 4.79 Å². The van der Waals surface area contributed by atoms with Gasteiger partial charge in [0.25, 0.3) is 5.91 Å². The standard InChI is InChI=1S/C30H32N4OS/c1-21-22(2)32-30(33-28(21)34(4)19-24-11-7-5-8-12-24)36-20-25-15-17-27(18-16-25)29(35)31-23(3)26-13-9-6-10-14-26/h5-18,23H,19-20H2,1-4H3,(H,31,35). The lowest BCUT2D eigenvalue weighted by Crippen LogP contribution is -2.26. The minimum absolute atomic E-state index is 0.0509. The normalized spacial score (nSPS) is 11.7. The van der Waals surface area contributed by atoms with Crippen LogP contribution in [0.3, 0.4) is 0 Å². The molecule has 0 aliphatic heterocycles. The van der Waals surface area contributed by atoms with Crippen molar-refractivity contribution in [3.05, 3.63) is 118 Å². The van der Waals surface area contributed by atoms with Gasteiger partial charge in [0.2, 0.25) is 0 Å². The topological polar surface area (TPSA) is 58.1 Å². The Morgan fingerprint density at radius 1 is 0.889 bits per heavy atom. The number of amides is 1. The number of nitrogens with zero attached hydrogens (tertiary/aromatic N) is 3. The number of aryl methyl sites for hydroxylation is 1. The van der Waals surface area contributed by atoms with Crippen LogP contribution in [0.15, 0.2) is 90.1 Å². The zero-order valence-electron chi connectivity index (χ0n) is 21.2. The number of anilines is 1. The van der Waals surface area contributed by atoms with Crippen LogP contribution >= 0.6 is 11.8 Å². The molecule has 184 valence electrons. The summed E-state index contributed by atoms with van der Waals surface area (Å²) in [6.07, 6.45) is 0. The zero-order valence-corrected chi connectivity index (χ0v) is 22.0. The number of benzene rings is 3. The summed E-state index contributed by atoms with van der Waals surface area (Å²) in [4.78, 5) is 24.4. The SMILES string of the molecule is Cc1nc(SCc2ccc(C(=O)NC(C)c3ccccc3)cc2)nc(N(C)Cc2ccccc2)c1C. The Bertz CT molecular complexity index is 1290. The Kier molecular flexibility index (Phi) is 8.39. The van der Waals surface area contributed by atoms with E-state index >= 15 is 0 Å². The van der Waals surface area contributed by atoms with Gasteiger partial charge < -0.3 is 10.2 Å². The molecule has 1 unspecified atom stereocenters. The third kappa shape index (κ3) is 6.52. The number of carbonyl (C=O) groups excluding carboxylic acids is 1. The second-order valence-electron chi connectivity index (χ2n) is 8.97. The molecule has 0 fully saturated rings. The first kappa shape index (κ1) is 25.5. The quantitative estimate of drug-likeness (QED) is 0.211. The summed E-state index contributed by atoms with van der Waals surface area (Å²) in [7, 11) is 2.07. The van der Waals surface area contributed by atoms with Gasteiger partial charge >= 0.3 is 0 Å². The van der Waals surface area contributed by atoms with Crippen LogP contribution in [0, 0.1) is 13.8 Å². The lowest BCUT2D eigenvalue weighted by Gasteiger charge is -2.21. The minimum atomic E-state index is -0.0749. The Morgan fingerprint density at radius 2 is 1.53 bits per heavy atom. The van der Waals surface area contributed by atoms with Crippen LogP contribution in [-0.2, 0) is 12.3 Å². The highest BCUT2D eigenvalue weighted by Crippen LogP contribution is 2.26. The van der Waals surface area contributed by atoms with Crippen LogP contribution < -0.4 is 10.2 Å². The van der Waals surface area contributed by atoms with E-state index in [-0.39, 0.29) is 11.9 Å². The second-order valence-corrected chi connectivity index (χ2v) is 9.92. The van der Waals surface area contributed by atoms with Crippen LogP contribution in [-0.4, -0.2) is 22.9 Å². The van der Waals surface area contributed by atoms with Crippen molar-refractivity contribution in [1.82, 2.24) is 15.3 Å². The summed E-state index contributed by atoms with van der Waals surface area (Å²) in [6.45, 7) is 6.88. The number of hydrogen-bond donors (Lipinski definition) is 1. The summed E-state index contributed by atoms with van der Waals surface area (Å²) >= 11 is 1.61. The van der Waals surface area contributed by atoms with Gasteiger partial charge in [-0.05, 0) is 49.6 Å².